The van der Waals surface area contributed by atoms with Gasteiger partial charge in [-0.1, -0.05) is 18.2 Å². The standard InChI is InChI=1S/C19H19N3S2/c1-23-12-14-6-3-8-16(20-14)18-10-5-11-19(22-18)17-9-4-7-15(21-17)13-24-2/h3-11H,12-13H2,1-2H3. The van der Waals surface area contributed by atoms with E-state index >= 15 is 0 Å². The van der Waals surface area contributed by atoms with E-state index in [4.69, 9.17) is 15.0 Å². The van der Waals surface area contributed by atoms with E-state index < -0.39 is 0 Å². The predicted octanol–water partition coefficient (Wildman–Crippen LogP) is 4.93. The van der Waals surface area contributed by atoms with Crippen molar-refractivity contribution in [2.24, 2.45) is 0 Å². The molecular formula is C19H19N3S2. The Morgan fingerprint density at radius 3 is 1.38 bits per heavy atom. The molecule has 0 unspecified atom stereocenters. The summed E-state index contributed by atoms with van der Waals surface area (Å²) in [6.07, 6.45) is 4.17. The van der Waals surface area contributed by atoms with Crippen molar-refractivity contribution in [3.8, 4) is 22.8 Å². The summed E-state index contributed by atoms with van der Waals surface area (Å²) in [5.41, 5.74) is 5.73. The summed E-state index contributed by atoms with van der Waals surface area (Å²) in [4.78, 5) is 14.2. The van der Waals surface area contributed by atoms with Crippen LogP contribution in [0.1, 0.15) is 11.4 Å². The third-order valence-corrected chi connectivity index (χ3v) is 4.64. The second kappa shape index (κ2) is 8.31. The highest BCUT2D eigenvalue weighted by Crippen LogP contribution is 2.22. The Morgan fingerprint density at radius 1 is 0.583 bits per heavy atom. The molecule has 0 atom stereocenters. The zero-order chi connectivity index (χ0) is 16.8. The topological polar surface area (TPSA) is 38.7 Å². The van der Waals surface area contributed by atoms with Crippen molar-refractivity contribution in [1.29, 1.82) is 0 Å². The van der Waals surface area contributed by atoms with Crippen molar-refractivity contribution in [3.63, 3.8) is 0 Å². The van der Waals surface area contributed by atoms with Gasteiger partial charge < -0.3 is 0 Å². The van der Waals surface area contributed by atoms with E-state index in [1.54, 1.807) is 23.5 Å². The number of hydrogen-bond acceptors (Lipinski definition) is 5. The maximum absolute atomic E-state index is 4.78. The third-order valence-electron chi connectivity index (χ3n) is 3.47. The van der Waals surface area contributed by atoms with Crippen LogP contribution in [0, 0.1) is 0 Å². The molecule has 5 heteroatoms. The lowest BCUT2D eigenvalue weighted by Gasteiger charge is -2.07. The molecule has 0 aliphatic heterocycles. The van der Waals surface area contributed by atoms with Gasteiger partial charge >= 0.3 is 0 Å². The fourth-order valence-electron chi connectivity index (χ4n) is 2.42. The molecule has 24 heavy (non-hydrogen) atoms. The van der Waals surface area contributed by atoms with E-state index in [0.29, 0.717) is 0 Å². The van der Waals surface area contributed by atoms with Gasteiger partial charge in [-0.3, -0.25) is 9.97 Å². The number of thioether (sulfide) groups is 2. The van der Waals surface area contributed by atoms with Gasteiger partial charge in [0, 0.05) is 11.5 Å². The van der Waals surface area contributed by atoms with Gasteiger partial charge in [-0.25, -0.2) is 4.98 Å². The maximum atomic E-state index is 4.78. The van der Waals surface area contributed by atoms with Crippen LogP contribution in [0.4, 0.5) is 0 Å². The van der Waals surface area contributed by atoms with Crippen LogP contribution in [0.25, 0.3) is 22.8 Å². The summed E-state index contributed by atoms with van der Waals surface area (Å²) in [6.45, 7) is 0. The van der Waals surface area contributed by atoms with Crippen LogP contribution in [0.2, 0.25) is 0 Å². The minimum atomic E-state index is 0.882. The second-order valence-electron chi connectivity index (χ2n) is 5.30. The molecular weight excluding hydrogens is 334 g/mol. The van der Waals surface area contributed by atoms with E-state index in [1.807, 2.05) is 42.5 Å². The van der Waals surface area contributed by atoms with E-state index in [-0.39, 0.29) is 0 Å². The summed E-state index contributed by atoms with van der Waals surface area (Å²) in [5, 5.41) is 0. The highest BCUT2D eigenvalue weighted by Gasteiger charge is 2.07. The first-order valence-corrected chi connectivity index (χ1v) is 10.5. The molecule has 0 bridgehead atoms. The highest BCUT2D eigenvalue weighted by molar-refractivity contribution is 7.98. The summed E-state index contributed by atoms with van der Waals surface area (Å²) >= 11 is 3.54. The first-order valence-electron chi connectivity index (χ1n) is 7.67. The van der Waals surface area contributed by atoms with Crippen LogP contribution in [-0.4, -0.2) is 27.5 Å². The van der Waals surface area contributed by atoms with Crippen LogP contribution < -0.4 is 0 Å². The Bertz CT molecular complexity index is 756. The molecule has 0 spiro atoms. The van der Waals surface area contributed by atoms with Crippen molar-refractivity contribution in [2.45, 2.75) is 11.5 Å². The van der Waals surface area contributed by atoms with Crippen LogP contribution in [0.15, 0.2) is 54.6 Å². The molecule has 0 saturated carbocycles. The average molecular weight is 354 g/mol. The number of nitrogens with zero attached hydrogens (tertiary/aromatic N) is 3. The summed E-state index contributed by atoms with van der Waals surface area (Å²) in [5.74, 6) is 1.82. The summed E-state index contributed by atoms with van der Waals surface area (Å²) in [7, 11) is 0. The molecule has 3 nitrogen and oxygen atoms in total. The van der Waals surface area contributed by atoms with Crippen molar-refractivity contribution >= 4 is 23.5 Å². The molecule has 3 rings (SSSR count). The Labute approximate surface area is 151 Å². The minimum Gasteiger partial charge on any atom is -0.250 e. The van der Waals surface area contributed by atoms with E-state index in [0.717, 1.165) is 45.7 Å². The Kier molecular flexibility index (Phi) is 5.88. The fraction of sp³-hybridized carbons (Fsp3) is 0.211. The molecule has 0 radical (unpaired) electrons. The van der Waals surface area contributed by atoms with E-state index in [2.05, 4.69) is 24.6 Å². The lowest BCUT2D eigenvalue weighted by atomic mass is 10.2. The molecule has 0 aromatic carbocycles. The van der Waals surface area contributed by atoms with Gasteiger partial charge in [-0.05, 0) is 48.9 Å². The maximum Gasteiger partial charge on any atom is 0.0894 e. The SMILES string of the molecule is CSCc1cccc(-c2cccc(-c3cccc(CSC)n3)n2)n1. The van der Waals surface area contributed by atoms with Gasteiger partial charge in [-0.2, -0.15) is 23.5 Å². The lowest BCUT2D eigenvalue weighted by Crippen LogP contribution is -1.95. The Hall–Kier alpha value is -1.85. The van der Waals surface area contributed by atoms with Crippen LogP contribution in [0.3, 0.4) is 0 Å². The number of pyridine rings is 3. The molecule has 0 aliphatic rings. The van der Waals surface area contributed by atoms with Gasteiger partial charge in [0.25, 0.3) is 0 Å². The lowest BCUT2D eigenvalue weighted by molar-refractivity contribution is 1.14. The molecule has 0 amide bonds. The van der Waals surface area contributed by atoms with Crippen LogP contribution >= 0.6 is 23.5 Å². The van der Waals surface area contributed by atoms with Crippen molar-refractivity contribution < 1.29 is 0 Å². The zero-order valence-electron chi connectivity index (χ0n) is 13.8. The number of rotatable bonds is 6. The molecule has 0 saturated heterocycles. The summed E-state index contributed by atoms with van der Waals surface area (Å²) < 4.78 is 0. The van der Waals surface area contributed by atoms with E-state index in [1.165, 1.54) is 0 Å². The summed E-state index contributed by atoms with van der Waals surface area (Å²) in [6, 6.07) is 18.2. The first kappa shape index (κ1) is 17.0. The first-order chi connectivity index (χ1) is 11.8. The quantitative estimate of drug-likeness (QED) is 0.628. The van der Waals surface area contributed by atoms with Crippen LogP contribution in [-0.2, 0) is 11.5 Å². The zero-order valence-corrected chi connectivity index (χ0v) is 15.4. The molecule has 0 fully saturated rings. The van der Waals surface area contributed by atoms with Gasteiger partial charge in [0.2, 0.25) is 0 Å². The third kappa shape index (κ3) is 4.16. The van der Waals surface area contributed by atoms with Crippen molar-refractivity contribution in [1.82, 2.24) is 15.0 Å². The van der Waals surface area contributed by atoms with Gasteiger partial charge in [0.15, 0.2) is 0 Å². The van der Waals surface area contributed by atoms with Crippen LogP contribution in [0.5, 0.6) is 0 Å². The largest absolute Gasteiger partial charge is 0.250 e. The van der Waals surface area contributed by atoms with Crippen molar-refractivity contribution in [2.75, 3.05) is 12.5 Å². The normalized spacial score (nSPS) is 10.8. The smallest absolute Gasteiger partial charge is 0.0894 e. The fourth-order valence-corrected chi connectivity index (χ4v) is 3.33. The van der Waals surface area contributed by atoms with Gasteiger partial charge in [0.1, 0.15) is 0 Å². The highest BCUT2D eigenvalue weighted by atomic mass is 32.2. The average Bonchev–Trinajstić information content (AvgIpc) is 2.63. The number of aromatic nitrogens is 3. The monoisotopic (exact) mass is 353 g/mol. The molecule has 0 N–H and O–H groups in total. The molecule has 3 aromatic heterocycles. The Morgan fingerprint density at radius 2 is 0.958 bits per heavy atom. The molecule has 3 heterocycles. The van der Waals surface area contributed by atoms with Gasteiger partial charge in [0.05, 0.1) is 34.2 Å². The molecule has 3 aromatic rings. The van der Waals surface area contributed by atoms with E-state index in [9.17, 15) is 0 Å². The Balaban J connectivity index is 1.94. The van der Waals surface area contributed by atoms with Crippen molar-refractivity contribution in [3.05, 3.63) is 66.0 Å². The minimum absolute atomic E-state index is 0.882. The second-order valence-corrected chi connectivity index (χ2v) is 7.03. The predicted molar refractivity (Wildman–Crippen MR) is 105 cm³/mol. The van der Waals surface area contributed by atoms with Gasteiger partial charge in [-0.15, -0.1) is 0 Å². The number of hydrogen-bond donors (Lipinski definition) is 0. The molecule has 122 valence electrons. The molecule has 0 aliphatic carbocycles.